The predicted molar refractivity (Wildman–Crippen MR) is 212 cm³/mol. The van der Waals surface area contributed by atoms with Crippen LogP contribution < -0.4 is 9.64 Å². The fraction of sp³-hybridized carbons (Fsp3) is 0.625. The first-order chi connectivity index (χ1) is 25.1. The van der Waals surface area contributed by atoms with E-state index >= 15 is 0 Å². The van der Waals surface area contributed by atoms with Crippen LogP contribution in [-0.4, -0.2) is 84.5 Å². The van der Waals surface area contributed by atoms with Gasteiger partial charge in [0.05, 0.1) is 12.8 Å². The van der Waals surface area contributed by atoms with E-state index in [1.165, 1.54) is 0 Å². The van der Waals surface area contributed by atoms with Crippen LogP contribution in [0.15, 0.2) is 42.9 Å². The van der Waals surface area contributed by atoms with Gasteiger partial charge in [0.2, 0.25) is 0 Å². The van der Waals surface area contributed by atoms with E-state index in [1.54, 1.807) is 7.11 Å². The van der Waals surface area contributed by atoms with E-state index < -0.39 is 20.2 Å². The maximum absolute atomic E-state index is 14.5. The Bertz CT molecular complexity index is 1640. The molecule has 11 nitrogen and oxygen atoms in total. The fourth-order valence-electron chi connectivity index (χ4n) is 7.71. The Hall–Kier alpha value is -3.26. The molecule has 1 saturated carbocycles. The van der Waals surface area contributed by atoms with Gasteiger partial charge in [-0.3, -0.25) is 0 Å². The van der Waals surface area contributed by atoms with Crippen molar-refractivity contribution in [2.45, 2.75) is 110 Å². The monoisotopic (exact) mass is 828 g/mol. The Kier molecular flexibility index (Phi) is 13.1. The second kappa shape index (κ2) is 17.7. The molecule has 3 aromatic heterocycles. The molecule has 0 aromatic carbocycles. The molecule has 2 amide bonds. The molecule has 3 aromatic rings. The van der Waals surface area contributed by atoms with Crippen molar-refractivity contribution >= 4 is 38.1 Å². The van der Waals surface area contributed by atoms with Crippen molar-refractivity contribution in [1.82, 2.24) is 24.6 Å². The number of alkyl halides is 2. The molecule has 1 aliphatic carbocycles. The minimum absolute atomic E-state index is 0.104. The number of anilines is 1. The van der Waals surface area contributed by atoms with Crippen LogP contribution >= 0.6 is 20.2 Å². The summed E-state index contributed by atoms with van der Waals surface area (Å²) < 4.78 is 21.2. The molecule has 5 heterocycles. The Morgan fingerprint density at radius 3 is 2.33 bits per heavy atom. The van der Waals surface area contributed by atoms with Gasteiger partial charge < -0.3 is 4.74 Å². The Morgan fingerprint density at radius 2 is 1.69 bits per heavy atom. The molecule has 3 aliphatic rings. The van der Waals surface area contributed by atoms with Gasteiger partial charge >= 0.3 is 268 Å². The number of rotatable bonds is 11. The summed E-state index contributed by atoms with van der Waals surface area (Å²) in [6.45, 7) is 12.3. The van der Waals surface area contributed by atoms with Gasteiger partial charge in [0, 0.05) is 0 Å². The van der Waals surface area contributed by atoms with E-state index in [4.69, 9.17) is 22.5 Å². The quantitative estimate of drug-likeness (QED) is 0.140. The second-order valence-corrected chi connectivity index (χ2v) is 20.1. The van der Waals surface area contributed by atoms with E-state index in [9.17, 15) is 9.59 Å². The molecular weight excluding hydrogens is 771 g/mol. The number of ether oxygens (including phenoxy) is 2. The van der Waals surface area contributed by atoms with Crippen LogP contribution in [0.5, 0.6) is 5.75 Å². The smallest absolute Gasteiger partial charge is 0.0184 e. The van der Waals surface area contributed by atoms with E-state index in [0.29, 0.717) is 37.3 Å². The summed E-state index contributed by atoms with van der Waals surface area (Å²) in [6.07, 6.45) is 13.3. The average Bonchev–Trinajstić information content (AvgIpc) is 3.66. The number of aryl methyl sites for hydroxylation is 1. The molecule has 0 N–H and O–H groups in total. The molecule has 52 heavy (non-hydrogen) atoms. The molecule has 6 rings (SSSR count). The van der Waals surface area contributed by atoms with Crippen LogP contribution in [0.2, 0.25) is 0 Å². The van der Waals surface area contributed by atoms with Crippen LogP contribution in [0, 0.1) is 18.8 Å². The molecule has 0 unspecified atom stereocenters. The molecule has 0 atom stereocenters. The van der Waals surface area contributed by atoms with Crippen molar-refractivity contribution in [2.24, 2.45) is 11.8 Å². The molecule has 0 bridgehead atoms. The maximum atomic E-state index is 14.5. The van der Waals surface area contributed by atoms with E-state index in [1.807, 2.05) is 52.0 Å². The van der Waals surface area contributed by atoms with E-state index in [-0.39, 0.29) is 36.2 Å². The number of methoxy groups -OCH3 is 1. The van der Waals surface area contributed by atoms with Gasteiger partial charge in [-0.15, -0.1) is 0 Å². The van der Waals surface area contributed by atoms with Crippen molar-refractivity contribution in [1.29, 1.82) is 0 Å². The van der Waals surface area contributed by atoms with E-state index in [0.717, 1.165) is 88.5 Å². The number of hydrogen-bond acceptors (Lipinski definition) is 8. The standard InChI is InChI=1S/C40H57IN6O5/c1-27(2)47-26-34(24-43-47)33-15-20-42-38(23-33)46(25-30-7-9-31(10-8-30)36-11-12-37(50-6)29(5)44-36)39(48)32-13-18-41(19-14-32)52-40(49)45-21-16-35(17-22-45)51-28(3)4/h11-12,15,20,23-24,26-28,30-32,35H,7-10,13-14,16-19,21-22,25H2,1-6H3. The van der Waals surface area contributed by atoms with Crippen LogP contribution in [0.3, 0.4) is 0 Å². The minimum Gasteiger partial charge on any atom is -0.0184 e. The van der Waals surface area contributed by atoms with Gasteiger partial charge in [0.1, 0.15) is 5.75 Å². The zero-order valence-electron chi connectivity index (χ0n) is 31.8. The first kappa shape index (κ1) is 38.5. The van der Waals surface area contributed by atoms with Crippen LogP contribution in [-0.2, 0) is 12.6 Å². The van der Waals surface area contributed by atoms with Gasteiger partial charge in [0.25, 0.3) is 0 Å². The summed E-state index contributed by atoms with van der Waals surface area (Å²) in [7, 11) is 1.68. The summed E-state index contributed by atoms with van der Waals surface area (Å²) >= 11 is -1.95. The third kappa shape index (κ3) is 9.64. The zero-order valence-corrected chi connectivity index (χ0v) is 34.0. The van der Waals surface area contributed by atoms with Gasteiger partial charge in [-0.1, -0.05) is 0 Å². The van der Waals surface area contributed by atoms with Crippen LogP contribution in [0.1, 0.15) is 102 Å². The summed E-state index contributed by atoms with van der Waals surface area (Å²) in [5, 5.41) is 4.55. The number of halogens is 1. The minimum atomic E-state index is -1.95. The summed E-state index contributed by atoms with van der Waals surface area (Å²) in [6, 6.07) is 8.43. The topological polar surface area (TPSA) is 112 Å². The number of aromatic nitrogens is 4. The third-order valence-corrected chi connectivity index (χ3v) is 15.4. The Labute approximate surface area is 317 Å². The first-order valence-corrected chi connectivity index (χ1v) is 23.1. The zero-order chi connectivity index (χ0) is 36.8. The number of carbonyl (C=O) groups is 2. The van der Waals surface area contributed by atoms with Gasteiger partial charge in [0.15, 0.2) is 0 Å². The average molecular weight is 829 g/mol. The number of piperidine rings is 1. The van der Waals surface area contributed by atoms with Crippen molar-refractivity contribution in [2.75, 3.05) is 40.5 Å². The molecule has 2 aliphatic heterocycles. The number of nitrogens with zero attached hydrogens (tertiary/aromatic N) is 6. The summed E-state index contributed by atoms with van der Waals surface area (Å²) in [4.78, 5) is 41.1. The first-order valence-electron chi connectivity index (χ1n) is 19.2. The van der Waals surface area contributed by atoms with Gasteiger partial charge in [-0.2, -0.15) is 0 Å². The van der Waals surface area contributed by atoms with Crippen LogP contribution in [0.25, 0.3) is 11.1 Å². The molecule has 284 valence electrons. The van der Waals surface area contributed by atoms with Crippen LogP contribution in [0.4, 0.5) is 10.6 Å². The van der Waals surface area contributed by atoms with Gasteiger partial charge in [-0.05, 0) is 26.8 Å². The van der Waals surface area contributed by atoms with E-state index in [2.05, 4.69) is 45.1 Å². The molecule has 12 heteroatoms. The van der Waals surface area contributed by atoms with Crippen molar-refractivity contribution in [3.05, 3.63) is 54.2 Å². The third-order valence-electron chi connectivity index (χ3n) is 10.8. The second-order valence-electron chi connectivity index (χ2n) is 15.2. The van der Waals surface area contributed by atoms with Crippen molar-refractivity contribution < 1.29 is 22.1 Å². The number of hydrogen-bond donors (Lipinski definition) is 0. The molecular formula is C40H57IN6O5. The number of carbonyl (C=O) groups excluding carboxylic acids is 2. The predicted octanol–water partition coefficient (Wildman–Crippen LogP) is 8.40. The number of likely N-dealkylation sites (tertiary alicyclic amines) is 1. The Morgan fingerprint density at radius 1 is 0.962 bits per heavy atom. The number of amides is 2. The molecule has 3 fully saturated rings. The van der Waals surface area contributed by atoms with Gasteiger partial charge in [-0.25, -0.2) is 0 Å². The summed E-state index contributed by atoms with van der Waals surface area (Å²) in [5.74, 6) is 2.34. The molecule has 2 saturated heterocycles. The number of pyridine rings is 2. The van der Waals surface area contributed by atoms with Crippen molar-refractivity contribution in [3.63, 3.8) is 0 Å². The normalized spacial score (nSPS) is 21.1. The fourth-order valence-corrected chi connectivity index (χ4v) is 12.4. The Balaban J connectivity index is 1.11. The SMILES string of the molecule is COc1ccc(C2CCC(CN(C(=O)C3CCI(OC(=O)N4CCC(OC(C)C)CC4)CC3)c3cc(-c4cnn(C(C)C)c4)ccn3)CC2)nc1C. The van der Waals surface area contributed by atoms with Crippen molar-refractivity contribution in [3.8, 4) is 16.9 Å². The molecule has 0 radical (unpaired) electrons. The summed E-state index contributed by atoms with van der Waals surface area (Å²) in [5.41, 5.74) is 4.07. The molecule has 0 spiro atoms.